The normalized spacial score (nSPS) is 12.9. The maximum Gasteiger partial charge on any atom is 0.295 e. The topological polar surface area (TPSA) is 144 Å². The lowest BCUT2D eigenvalue weighted by Crippen LogP contribution is -2.14. The molecule has 0 spiro atoms. The molecule has 0 aliphatic heterocycles. The lowest BCUT2D eigenvalue weighted by molar-refractivity contribution is 0.484. The van der Waals surface area contributed by atoms with Gasteiger partial charge >= 0.3 is 0 Å². The lowest BCUT2D eigenvalue weighted by Gasteiger charge is -2.11. The molecule has 4 aromatic rings. The van der Waals surface area contributed by atoms with Gasteiger partial charge in [0.15, 0.2) is 0 Å². The minimum atomic E-state index is -4.08. The van der Waals surface area contributed by atoms with Gasteiger partial charge in [0.05, 0.1) is 27.1 Å². The Bertz CT molecular complexity index is 1300. The van der Waals surface area contributed by atoms with Crippen LogP contribution in [0.2, 0.25) is 5.02 Å². The van der Waals surface area contributed by atoms with Crippen molar-refractivity contribution in [3.8, 4) is 0 Å². The second-order valence-electron chi connectivity index (χ2n) is 5.98. The van der Waals surface area contributed by atoms with E-state index in [1.807, 2.05) is 0 Å². The molecule has 0 bridgehead atoms. The highest BCUT2D eigenvalue weighted by atomic mass is 35.5. The van der Waals surface area contributed by atoms with E-state index in [0.717, 1.165) is 0 Å². The van der Waals surface area contributed by atoms with Gasteiger partial charge in [-0.3, -0.25) is 14.0 Å². The Labute approximate surface area is 172 Å². The Kier molecular flexibility index (Phi) is 5.03. The maximum absolute atomic E-state index is 12.8. The molecule has 1 atom stereocenters. The fourth-order valence-corrected chi connectivity index (χ4v) is 5.03. The summed E-state index contributed by atoms with van der Waals surface area (Å²) < 4.78 is 46.3. The van der Waals surface area contributed by atoms with Gasteiger partial charge in [0.2, 0.25) is 11.0 Å². The van der Waals surface area contributed by atoms with Crippen molar-refractivity contribution in [1.82, 2.24) is 15.2 Å². The minimum Gasteiger partial charge on any atom is -0.443 e. The van der Waals surface area contributed by atoms with Gasteiger partial charge in [0.25, 0.3) is 10.0 Å². The minimum absolute atomic E-state index is 0.0268. The van der Waals surface area contributed by atoms with Crippen molar-refractivity contribution < 1.29 is 17.0 Å². The van der Waals surface area contributed by atoms with E-state index in [2.05, 4.69) is 19.9 Å². The molecule has 0 aliphatic rings. The van der Waals surface area contributed by atoms with E-state index >= 15 is 0 Å². The van der Waals surface area contributed by atoms with Crippen LogP contribution >= 0.6 is 11.6 Å². The zero-order valence-corrected chi connectivity index (χ0v) is 17.0. The van der Waals surface area contributed by atoms with Crippen LogP contribution in [0.5, 0.6) is 0 Å². The highest BCUT2D eigenvalue weighted by Gasteiger charge is 2.23. The van der Waals surface area contributed by atoms with Crippen molar-refractivity contribution in [2.24, 2.45) is 0 Å². The number of nitrogens with two attached hydrogens (primary N) is 1. The maximum atomic E-state index is 12.8. The summed E-state index contributed by atoms with van der Waals surface area (Å²) in [6, 6.07) is 12.7. The molecule has 0 saturated carbocycles. The van der Waals surface area contributed by atoms with E-state index in [1.54, 1.807) is 24.3 Å². The van der Waals surface area contributed by atoms with E-state index in [0.29, 0.717) is 16.8 Å². The predicted octanol–water partition coefficient (Wildman–Crippen LogP) is 2.90. The summed E-state index contributed by atoms with van der Waals surface area (Å²) in [6.07, 6.45) is 0. The highest BCUT2D eigenvalue weighted by Crippen LogP contribution is 2.29. The summed E-state index contributed by atoms with van der Waals surface area (Å²) >= 11 is 6.02. The summed E-state index contributed by atoms with van der Waals surface area (Å²) in [4.78, 5) is 4.13. The number of anilines is 2. The quantitative estimate of drug-likeness (QED) is 0.408. The lowest BCUT2D eigenvalue weighted by atomic mass is 10.3. The number of nitrogens with one attached hydrogen (secondary N) is 2. The summed E-state index contributed by atoms with van der Waals surface area (Å²) in [7, 11) is -5.73. The molecule has 150 valence electrons. The summed E-state index contributed by atoms with van der Waals surface area (Å²) in [5, 5.41) is 6.90. The molecule has 4 N–H and O–H groups in total. The molecular formula is C17H14ClN5O4S2. The number of nitrogen functional groups attached to an aromatic ring is 1. The van der Waals surface area contributed by atoms with Gasteiger partial charge in [-0.15, -0.1) is 5.10 Å². The van der Waals surface area contributed by atoms with Crippen LogP contribution in [0.1, 0.15) is 5.82 Å². The summed E-state index contributed by atoms with van der Waals surface area (Å²) in [5.41, 5.74) is 5.96. The van der Waals surface area contributed by atoms with Crippen LogP contribution in [-0.2, 0) is 26.6 Å². The number of aromatic amines is 1. The zero-order valence-electron chi connectivity index (χ0n) is 14.6. The first-order valence-electron chi connectivity index (χ1n) is 8.18. The van der Waals surface area contributed by atoms with Gasteiger partial charge in [-0.2, -0.15) is 13.4 Å². The first-order chi connectivity index (χ1) is 13.8. The van der Waals surface area contributed by atoms with Crippen molar-refractivity contribution in [1.29, 1.82) is 0 Å². The predicted molar refractivity (Wildman–Crippen MR) is 109 cm³/mol. The van der Waals surface area contributed by atoms with Crippen LogP contribution in [0, 0.1) is 0 Å². The third-order valence-electron chi connectivity index (χ3n) is 3.92. The van der Waals surface area contributed by atoms with E-state index in [-0.39, 0.29) is 32.4 Å². The molecule has 0 amide bonds. The van der Waals surface area contributed by atoms with E-state index in [4.69, 9.17) is 21.8 Å². The molecule has 4 rings (SSSR count). The number of H-pyrrole nitrogens is 1. The number of para-hydroxylation sites is 1. The largest absolute Gasteiger partial charge is 0.443 e. The SMILES string of the molecule is Nc1n[nH]c(CS(=O)c2ccc(Cl)cc2NS(=O)(=O)c2cc3ccccc3o2)n1. The number of sulfonamides is 1. The van der Waals surface area contributed by atoms with E-state index < -0.39 is 20.8 Å². The van der Waals surface area contributed by atoms with Crippen LogP contribution in [0.4, 0.5) is 11.6 Å². The smallest absolute Gasteiger partial charge is 0.295 e. The fraction of sp³-hybridized carbons (Fsp3) is 0.0588. The Hall–Kier alpha value is -2.89. The Morgan fingerprint density at radius 3 is 2.72 bits per heavy atom. The Morgan fingerprint density at radius 1 is 1.21 bits per heavy atom. The van der Waals surface area contributed by atoms with Crippen molar-refractivity contribution >= 4 is 55.0 Å². The van der Waals surface area contributed by atoms with Gasteiger partial charge in [0, 0.05) is 16.5 Å². The number of benzene rings is 2. The number of hydrogen-bond donors (Lipinski definition) is 3. The van der Waals surface area contributed by atoms with Gasteiger partial charge < -0.3 is 10.2 Å². The first-order valence-corrected chi connectivity index (χ1v) is 11.4. The third kappa shape index (κ3) is 4.11. The van der Waals surface area contributed by atoms with Crippen LogP contribution < -0.4 is 10.5 Å². The molecular weight excluding hydrogens is 438 g/mol. The van der Waals surface area contributed by atoms with Crippen LogP contribution in [-0.4, -0.2) is 27.8 Å². The molecule has 2 heterocycles. The summed E-state index contributed by atoms with van der Waals surface area (Å²) in [6.45, 7) is 0. The van der Waals surface area contributed by atoms with Gasteiger partial charge in [0.1, 0.15) is 11.4 Å². The number of fused-ring (bicyclic) bond motifs is 1. The zero-order chi connectivity index (χ0) is 20.6. The number of rotatable bonds is 6. The molecule has 9 nitrogen and oxygen atoms in total. The standard InChI is InChI=1S/C17H14ClN5O4S2/c18-11-5-6-14(28(24)9-15-20-17(19)22-21-15)12(8-11)23-29(25,26)16-7-10-3-1-2-4-13(10)27-16/h1-8,23H,9H2,(H3,19,20,21,22). The van der Waals surface area contributed by atoms with Crippen LogP contribution in [0.3, 0.4) is 0 Å². The van der Waals surface area contributed by atoms with Gasteiger partial charge in [-0.25, -0.2) is 0 Å². The number of aromatic nitrogens is 3. The molecule has 12 heteroatoms. The fourth-order valence-electron chi connectivity index (χ4n) is 2.64. The molecule has 0 saturated heterocycles. The monoisotopic (exact) mass is 451 g/mol. The van der Waals surface area contributed by atoms with Crippen LogP contribution in [0.15, 0.2) is 62.9 Å². The molecule has 2 aromatic carbocycles. The highest BCUT2D eigenvalue weighted by molar-refractivity contribution is 7.92. The molecule has 0 radical (unpaired) electrons. The Morgan fingerprint density at radius 2 is 2.00 bits per heavy atom. The van der Waals surface area contributed by atoms with Crippen molar-refractivity contribution in [2.75, 3.05) is 10.5 Å². The average molecular weight is 452 g/mol. The van der Waals surface area contributed by atoms with E-state index in [1.165, 1.54) is 24.3 Å². The number of halogens is 1. The molecule has 0 fully saturated rings. The second-order valence-corrected chi connectivity index (χ2v) is 9.45. The van der Waals surface area contributed by atoms with Gasteiger partial charge in [-0.1, -0.05) is 29.8 Å². The number of nitrogens with zero attached hydrogens (tertiary/aromatic N) is 2. The number of furan rings is 1. The molecule has 1 unspecified atom stereocenters. The molecule has 0 aliphatic carbocycles. The van der Waals surface area contributed by atoms with Crippen molar-refractivity contribution in [3.63, 3.8) is 0 Å². The van der Waals surface area contributed by atoms with E-state index in [9.17, 15) is 12.6 Å². The van der Waals surface area contributed by atoms with Crippen LogP contribution in [0.25, 0.3) is 11.0 Å². The average Bonchev–Trinajstić information content (AvgIpc) is 3.28. The summed E-state index contributed by atoms with van der Waals surface area (Å²) in [5.74, 6) is 0.298. The molecule has 2 aromatic heterocycles. The Balaban J connectivity index is 1.67. The third-order valence-corrected chi connectivity index (χ3v) is 6.75. The number of hydrogen-bond acceptors (Lipinski definition) is 7. The van der Waals surface area contributed by atoms with Crippen molar-refractivity contribution in [2.45, 2.75) is 15.7 Å². The van der Waals surface area contributed by atoms with Crippen molar-refractivity contribution in [3.05, 3.63) is 59.4 Å². The first kappa shape index (κ1) is 19.4. The second kappa shape index (κ2) is 7.50. The van der Waals surface area contributed by atoms with Gasteiger partial charge in [-0.05, 0) is 24.3 Å². The molecule has 29 heavy (non-hydrogen) atoms.